The number of H-pyrrole nitrogens is 2. The topological polar surface area (TPSA) is 73.1 Å². The van der Waals surface area contributed by atoms with E-state index in [9.17, 15) is 8.78 Å². The lowest BCUT2D eigenvalue weighted by atomic mass is 10.0. The number of aromatic nitrogens is 4. The summed E-state index contributed by atoms with van der Waals surface area (Å²) in [6.07, 6.45) is 2.82. The SMILES string of the molecule is CC(Oc1ccc2[nH]nc(-c3nc4c([nH]3)CN(C3CCN(C)CC3)CC4)c2c1)c1cc(F)cc(F)c1. The minimum atomic E-state index is -0.621. The first-order valence-electron chi connectivity index (χ1n) is 12.5. The van der Waals surface area contributed by atoms with E-state index < -0.39 is 17.7 Å². The monoisotopic (exact) mass is 492 g/mol. The average molecular weight is 493 g/mol. The maximum atomic E-state index is 13.7. The lowest BCUT2D eigenvalue weighted by Crippen LogP contribution is -2.45. The molecule has 9 heteroatoms. The van der Waals surface area contributed by atoms with Crippen LogP contribution in [0.4, 0.5) is 8.78 Å². The van der Waals surface area contributed by atoms with E-state index in [4.69, 9.17) is 9.72 Å². The molecule has 6 rings (SSSR count). The summed E-state index contributed by atoms with van der Waals surface area (Å²) in [6, 6.07) is 9.67. The van der Waals surface area contributed by atoms with Crippen molar-refractivity contribution in [2.75, 3.05) is 26.7 Å². The number of aromatic amines is 2. The smallest absolute Gasteiger partial charge is 0.159 e. The molecule has 4 aromatic rings. The van der Waals surface area contributed by atoms with Gasteiger partial charge in [0.15, 0.2) is 5.82 Å². The first kappa shape index (κ1) is 23.1. The summed E-state index contributed by atoms with van der Waals surface area (Å²) in [4.78, 5) is 13.4. The summed E-state index contributed by atoms with van der Waals surface area (Å²) < 4.78 is 33.3. The van der Waals surface area contributed by atoms with Crippen molar-refractivity contribution in [2.24, 2.45) is 0 Å². The van der Waals surface area contributed by atoms with Crippen LogP contribution in [0.2, 0.25) is 0 Å². The number of piperidine rings is 1. The van der Waals surface area contributed by atoms with Crippen LogP contribution in [-0.2, 0) is 13.0 Å². The molecule has 36 heavy (non-hydrogen) atoms. The fourth-order valence-electron chi connectivity index (χ4n) is 5.43. The van der Waals surface area contributed by atoms with Gasteiger partial charge >= 0.3 is 0 Å². The Bertz CT molecular complexity index is 1370. The molecule has 7 nitrogen and oxygen atoms in total. The fraction of sp³-hybridized carbons (Fsp3) is 0.407. The zero-order chi connectivity index (χ0) is 24.8. The number of imidazole rings is 1. The Labute approximate surface area is 208 Å². The summed E-state index contributed by atoms with van der Waals surface area (Å²) in [5.74, 6) is 0.0920. The molecule has 1 unspecified atom stereocenters. The van der Waals surface area contributed by atoms with E-state index in [2.05, 4.69) is 32.0 Å². The van der Waals surface area contributed by atoms with Crippen LogP contribution in [0.3, 0.4) is 0 Å². The summed E-state index contributed by atoms with van der Waals surface area (Å²) in [5, 5.41) is 8.49. The third-order valence-electron chi connectivity index (χ3n) is 7.49. The molecule has 2 aliphatic rings. The van der Waals surface area contributed by atoms with E-state index in [0.29, 0.717) is 17.4 Å². The quantitative estimate of drug-likeness (QED) is 0.418. The minimum Gasteiger partial charge on any atom is -0.486 e. The van der Waals surface area contributed by atoms with Gasteiger partial charge in [-0.3, -0.25) is 10.00 Å². The van der Waals surface area contributed by atoms with E-state index in [1.54, 1.807) is 6.92 Å². The first-order valence-corrected chi connectivity index (χ1v) is 12.5. The van der Waals surface area contributed by atoms with Crippen molar-refractivity contribution >= 4 is 10.9 Å². The van der Waals surface area contributed by atoms with Gasteiger partial charge in [0, 0.05) is 37.0 Å². The largest absolute Gasteiger partial charge is 0.486 e. The molecule has 0 saturated carbocycles. The molecule has 4 heterocycles. The fourth-order valence-corrected chi connectivity index (χ4v) is 5.43. The van der Waals surface area contributed by atoms with Crippen molar-refractivity contribution in [3.05, 3.63) is 65.0 Å². The van der Waals surface area contributed by atoms with Crippen molar-refractivity contribution in [3.8, 4) is 17.3 Å². The van der Waals surface area contributed by atoms with Crippen LogP contribution in [0.5, 0.6) is 5.75 Å². The predicted octanol–water partition coefficient (Wildman–Crippen LogP) is 4.82. The van der Waals surface area contributed by atoms with E-state index >= 15 is 0 Å². The Morgan fingerprint density at radius 2 is 1.83 bits per heavy atom. The van der Waals surface area contributed by atoms with Gasteiger partial charge in [0.05, 0.1) is 16.9 Å². The van der Waals surface area contributed by atoms with E-state index in [-0.39, 0.29) is 0 Å². The predicted molar refractivity (Wildman–Crippen MR) is 134 cm³/mol. The Morgan fingerprint density at radius 3 is 2.61 bits per heavy atom. The maximum Gasteiger partial charge on any atom is 0.159 e. The third-order valence-corrected chi connectivity index (χ3v) is 7.49. The van der Waals surface area contributed by atoms with Crippen LogP contribution in [0, 0.1) is 11.6 Å². The Kier molecular flexibility index (Phi) is 5.97. The number of halogens is 2. The Morgan fingerprint density at radius 1 is 1.06 bits per heavy atom. The highest BCUT2D eigenvalue weighted by Crippen LogP contribution is 2.32. The number of hydrogen-bond acceptors (Lipinski definition) is 5. The number of rotatable bonds is 5. The molecular weight excluding hydrogens is 462 g/mol. The van der Waals surface area contributed by atoms with Gasteiger partial charge in [0.25, 0.3) is 0 Å². The minimum absolute atomic E-state index is 0.438. The van der Waals surface area contributed by atoms with Crippen molar-refractivity contribution in [3.63, 3.8) is 0 Å². The highest BCUT2D eigenvalue weighted by molar-refractivity contribution is 5.92. The molecule has 0 aliphatic carbocycles. The normalized spacial score (nSPS) is 18.4. The van der Waals surface area contributed by atoms with Crippen molar-refractivity contribution in [2.45, 2.75) is 44.9 Å². The lowest BCUT2D eigenvalue weighted by Gasteiger charge is -2.38. The number of likely N-dealkylation sites (tertiary alicyclic amines) is 1. The molecular formula is C27H30F2N6O. The Hall–Kier alpha value is -3.30. The molecule has 0 amide bonds. The summed E-state index contributed by atoms with van der Waals surface area (Å²) in [5.41, 5.74) is 4.32. The molecule has 0 bridgehead atoms. The molecule has 0 radical (unpaired) electrons. The first-order chi connectivity index (χ1) is 17.4. The maximum absolute atomic E-state index is 13.7. The van der Waals surface area contributed by atoms with Gasteiger partial charge in [-0.05, 0) is 75.8 Å². The number of nitrogens with zero attached hydrogens (tertiary/aromatic N) is 4. The number of ether oxygens (including phenoxy) is 1. The number of benzene rings is 2. The third kappa shape index (κ3) is 4.49. The number of nitrogens with one attached hydrogen (secondary N) is 2. The average Bonchev–Trinajstić information content (AvgIpc) is 3.47. The van der Waals surface area contributed by atoms with Crippen LogP contribution in [0.15, 0.2) is 36.4 Å². The summed E-state index contributed by atoms with van der Waals surface area (Å²) in [7, 11) is 2.19. The highest BCUT2D eigenvalue weighted by atomic mass is 19.1. The zero-order valence-electron chi connectivity index (χ0n) is 20.5. The molecule has 2 aromatic carbocycles. The van der Waals surface area contributed by atoms with E-state index in [1.807, 2.05) is 18.2 Å². The van der Waals surface area contributed by atoms with E-state index in [1.165, 1.54) is 30.7 Å². The van der Waals surface area contributed by atoms with Crippen molar-refractivity contribution < 1.29 is 13.5 Å². The second-order valence-corrected chi connectivity index (χ2v) is 10.0. The summed E-state index contributed by atoms with van der Waals surface area (Å²) in [6.45, 7) is 5.99. The zero-order valence-corrected chi connectivity index (χ0v) is 20.5. The molecule has 188 valence electrons. The highest BCUT2D eigenvalue weighted by Gasteiger charge is 2.28. The Balaban J connectivity index is 1.23. The van der Waals surface area contributed by atoms with Crippen LogP contribution in [-0.4, -0.2) is 62.7 Å². The van der Waals surface area contributed by atoms with Crippen LogP contribution in [0.1, 0.15) is 42.8 Å². The molecule has 1 saturated heterocycles. The van der Waals surface area contributed by atoms with Crippen LogP contribution >= 0.6 is 0 Å². The van der Waals surface area contributed by atoms with Gasteiger partial charge in [0.2, 0.25) is 0 Å². The standard InChI is InChI=1S/C27H30F2N6O/c1-16(17-11-18(28)13-19(29)12-17)36-21-3-4-23-22(14-21)26(33-32-23)27-30-24-7-10-35(15-25(24)31-27)20-5-8-34(2)9-6-20/h3-4,11-14,16,20H,5-10,15H2,1-2H3,(H,30,31)(H,32,33). The van der Waals surface area contributed by atoms with Crippen molar-refractivity contribution in [1.29, 1.82) is 0 Å². The molecule has 1 fully saturated rings. The van der Waals surface area contributed by atoms with Gasteiger partial charge in [0.1, 0.15) is 29.2 Å². The van der Waals surface area contributed by atoms with Crippen LogP contribution in [0.25, 0.3) is 22.4 Å². The number of fused-ring (bicyclic) bond motifs is 2. The second kappa shape index (κ2) is 9.29. The summed E-state index contributed by atoms with van der Waals surface area (Å²) >= 11 is 0. The lowest BCUT2D eigenvalue weighted by molar-refractivity contribution is 0.108. The number of hydrogen-bond donors (Lipinski definition) is 2. The molecule has 2 aromatic heterocycles. The second-order valence-electron chi connectivity index (χ2n) is 10.0. The van der Waals surface area contributed by atoms with E-state index in [0.717, 1.165) is 66.8 Å². The van der Waals surface area contributed by atoms with Gasteiger partial charge in [-0.15, -0.1) is 0 Å². The van der Waals surface area contributed by atoms with Gasteiger partial charge < -0.3 is 14.6 Å². The van der Waals surface area contributed by atoms with Crippen molar-refractivity contribution in [1.82, 2.24) is 30.0 Å². The molecule has 2 N–H and O–H groups in total. The van der Waals surface area contributed by atoms with Gasteiger partial charge in [-0.2, -0.15) is 5.10 Å². The molecule has 0 spiro atoms. The van der Waals surface area contributed by atoms with Gasteiger partial charge in [-0.25, -0.2) is 13.8 Å². The van der Waals surface area contributed by atoms with Crippen LogP contribution < -0.4 is 4.74 Å². The molecule has 2 aliphatic heterocycles. The van der Waals surface area contributed by atoms with Gasteiger partial charge in [-0.1, -0.05) is 0 Å². The molecule has 1 atom stereocenters.